The number of nitrogens with one attached hydrogen (secondary N) is 1. The Kier molecular flexibility index (Phi) is 4.02. The van der Waals surface area contributed by atoms with Crippen LogP contribution in [0.4, 0.5) is 15.8 Å². The largest absolute Gasteiger partial charge is 0.398 e. The minimum atomic E-state index is -4.21. The summed E-state index contributed by atoms with van der Waals surface area (Å²) in [4.78, 5) is -0.640. The molecule has 0 unspecified atom stereocenters. The minimum absolute atomic E-state index is 0.0820. The van der Waals surface area contributed by atoms with Gasteiger partial charge in [-0.2, -0.15) is 5.26 Å². The predicted octanol–water partition coefficient (Wildman–Crippen LogP) is 2.73. The van der Waals surface area contributed by atoms with Gasteiger partial charge in [0.25, 0.3) is 10.0 Å². The van der Waals surface area contributed by atoms with Crippen LogP contribution in [-0.4, -0.2) is 8.42 Å². The molecule has 0 fully saturated rings. The fraction of sp³-hybridized carbons (Fsp3) is 0. The third-order valence-electron chi connectivity index (χ3n) is 2.61. The van der Waals surface area contributed by atoms with E-state index in [-0.39, 0.29) is 22.0 Å². The van der Waals surface area contributed by atoms with Gasteiger partial charge in [-0.05, 0) is 30.3 Å². The zero-order valence-electron chi connectivity index (χ0n) is 10.5. The highest BCUT2D eigenvalue weighted by atomic mass is 35.5. The maximum Gasteiger partial charge on any atom is 0.266 e. The number of nitrogen functional groups attached to an aromatic ring is 1. The van der Waals surface area contributed by atoms with Crippen molar-refractivity contribution in [2.75, 3.05) is 10.5 Å². The quantitative estimate of drug-likeness (QED) is 0.848. The Balaban J connectivity index is 2.46. The summed E-state index contributed by atoms with van der Waals surface area (Å²) in [7, 11) is -4.21. The number of hydrogen-bond donors (Lipinski definition) is 2. The number of halogens is 2. The number of rotatable bonds is 3. The lowest BCUT2D eigenvalue weighted by molar-refractivity contribution is 0.572. The Morgan fingerprint density at radius 1 is 1.29 bits per heavy atom. The maximum absolute atomic E-state index is 13.7. The molecule has 2 aromatic carbocycles. The molecule has 0 radical (unpaired) electrons. The summed E-state index contributed by atoms with van der Waals surface area (Å²) in [6, 6.07) is 9.36. The molecule has 21 heavy (non-hydrogen) atoms. The SMILES string of the molecule is N#Cc1cc(NS(=O)(=O)c2c(N)cccc2F)ccc1Cl. The smallest absolute Gasteiger partial charge is 0.266 e. The van der Waals surface area contributed by atoms with Crippen molar-refractivity contribution in [3.63, 3.8) is 0 Å². The summed E-state index contributed by atoms with van der Waals surface area (Å²) in [6.07, 6.45) is 0. The molecule has 5 nitrogen and oxygen atoms in total. The first-order valence-corrected chi connectivity index (χ1v) is 7.48. The lowest BCUT2D eigenvalue weighted by Gasteiger charge is -2.11. The second kappa shape index (κ2) is 5.60. The van der Waals surface area contributed by atoms with Crippen LogP contribution in [0.15, 0.2) is 41.3 Å². The van der Waals surface area contributed by atoms with Crippen molar-refractivity contribution < 1.29 is 12.8 Å². The van der Waals surface area contributed by atoms with Crippen LogP contribution in [0.2, 0.25) is 5.02 Å². The van der Waals surface area contributed by atoms with Gasteiger partial charge in [0.15, 0.2) is 0 Å². The Hall–Kier alpha value is -2.30. The van der Waals surface area contributed by atoms with E-state index in [0.717, 1.165) is 6.07 Å². The summed E-state index contributed by atoms with van der Waals surface area (Å²) in [5.41, 5.74) is 5.48. The molecule has 0 aliphatic heterocycles. The number of benzene rings is 2. The second-order valence-corrected chi connectivity index (χ2v) is 6.10. The molecule has 3 N–H and O–H groups in total. The highest BCUT2D eigenvalue weighted by Gasteiger charge is 2.22. The molecule has 0 aliphatic rings. The molecule has 0 aromatic heterocycles. The van der Waals surface area contributed by atoms with Crippen LogP contribution < -0.4 is 10.5 Å². The fourth-order valence-corrected chi connectivity index (χ4v) is 3.09. The van der Waals surface area contributed by atoms with Crippen molar-refractivity contribution in [2.24, 2.45) is 0 Å². The Morgan fingerprint density at radius 2 is 2.00 bits per heavy atom. The predicted molar refractivity (Wildman–Crippen MR) is 77.8 cm³/mol. The van der Waals surface area contributed by atoms with Gasteiger partial charge in [-0.3, -0.25) is 4.72 Å². The molecule has 2 rings (SSSR count). The second-order valence-electron chi connectivity index (χ2n) is 4.07. The van der Waals surface area contributed by atoms with Crippen molar-refractivity contribution in [2.45, 2.75) is 4.90 Å². The van der Waals surface area contributed by atoms with E-state index in [0.29, 0.717) is 0 Å². The molecule has 0 bridgehead atoms. The zero-order valence-corrected chi connectivity index (χ0v) is 12.0. The molecular formula is C13H9ClFN3O2S. The summed E-state index contributed by atoms with van der Waals surface area (Å²) < 4.78 is 40.2. The van der Waals surface area contributed by atoms with Crippen LogP contribution >= 0.6 is 11.6 Å². The molecule has 0 amide bonds. The van der Waals surface area contributed by atoms with Gasteiger partial charge in [0.1, 0.15) is 16.8 Å². The number of hydrogen-bond acceptors (Lipinski definition) is 4. The number of anilines is 2. The van der Waals surface area contributed by atoms with Crippen molar-refractivity contribution >= 4 is 33.0 Å². The third-order valence-corrected chi connectivity index (χ3v) is 4.41. The number of nitriles is 1. The molecule has 108 valence electrons. The van der Waals surface area contributed by atoms with E-state index >= 15 is 0 Å². The van der Waals surface area contributed by atoms with Crippen molar-refractivity contribution in [1.82, 2.24) is 0 Å². The van der Waals surface area contributed by atoms with E-state index in [2.05, 4.69) is 4.72 Å². The number of sulfonamides is 1. The van der Waals surface area contributed by atoms with Crippen LogP contribution in [0.5, 0.6) is 0 Å². The van der Waals surface area contributed by atoms with Crippen molar-refractivity contribution in [3.05, 3.63) is 52.8 Å². The van der Waals surface area contributed by atoms with Gasteiger partial charge in [0, 0.05) is 0 Å². The minimum Gasteiger partial charge on any atom is -0.398 e. The number of nitrogens with zero attached hydrogens (tertiary/aromatic N) is 1. The highest BCUT2D eigenvalue weighted by molar-refractivity contribution is 7.92. The van der Waals surface area contributed by atoms with Gasteiger partial charge in [-0.1, -0.05) is 17.7 Å². The molecule has 2 aromatic rings. The monoisotopic (exact) mass is 325 g/mol. The van der Waals surface area contributed by atoms with Crippen LogP contribution in [0, 0.1) is 17.1 Å². The Labute approximate surface area is 125 Å². The molecule has 0 spiro atoms. The maximum atomic E-state index is 13.7. The van der Waals surface area contributed by atoms with E-state index < -0.39 is 20.7 Å². The van der Waals surface area contributed by atoms with Gasteiger partial charge < -0.3 is 5.73 Å². The van der Waals surface area contributed by atoms with E-state index in [9.17, 15) is 12.8 Å². The van der Waals surface area contributed by atoms with Crippen LogP contribution in [-0.2, 0) is 10.0 Å². The van der Waals surface area contributed by atoms with Gasteiger partial charge >= 0.3 is 0 Å². The van der Waals surface area contributed by atoms with Crippen molar-refractivity contribution in [1.29, 1.82) is 5.26 Å². The fourth-order valence-electron chi connectivity index (χ4n) is 1.69. The Bertz CT molecular complexity index is 827. The first-order chi connectivity index (χ1) is 9.85. The zero-order chi connectivity index (χ0) is 15.6. The van der Waals surface area contributed by atoms with Gasteiger partial charge in [-0.15, -0.1) is 0 Å². The summed E-state index contributed by atoms with van der Waals surface area (Å²) >= 11 is 5.76. The average molecular weight is 326 g/mol. The summed E-state index contributed by atoms with van der Waals surface area (Å²) in [5, 5.41) is 9.04. The Morgan fingerprint density at radius 3 is 2.62 bits per heavy atom. The van der Waals surface area contributed by atoms with Crippen LogP contribution in [0.1, 0.15) is 5.56 Å². The molecule has 8 heteroatoms. The lowest BCUT2D eigenvalue weighted by atomic mass is 10.2. The first-order valence-electron chi connectivity index (χ1n) is 5.61. The van der Waals surface area contributed by atoms with E-state index in [1.807, 2.05) is 6.07 Å². The van der Waals surface area contributed by atoms with E-state index in [1.54, 1.807) is 0 Å². The van der Waals surface area contributed by atoms with Gasteiger partial charge in [0.05, 0.1) is 22.0 Å². The van der Waals surface area contributed by atoms with Crippen LogP contribution in [0.3, 0.4) is 0 Å². The standard InChI is InChI=1S/C13H9ClFN3O2S/c14-10-5-4-9(6-8(10)7-16)18-21(19,20)13-11(15)2-1-3-12(13)17/h1-6,18H,17H2. The summed E-state index contributed by atoms with van der Waals surface area (Å²) in [6.45, 7) is 0. The molecule has 0 saturated carbocycles. The number of nitrogens with two attached hydrogens (primary N) is 1. The molecule has 0 atom stereocenters. The van der Waals surface area contributed by atoms with E-state index in [4.69, 9.17) is 22.6 Å². The normalized spacial score (nSPS) is 10.9. The van der Waals surface area contributed by atoms with Gasteiger partial charge in [0.2, 0.25) is 0 Å². The topological polar surface area (TPSA) is 96.0 Å². The lowest BCUT2D eigenvalue weighted by Crippen LogP contribution is -2.16. The first kappa shape index (κ1) is 15.1. The third kappa shape index (κ3) is 3.07. The molecule has 0 aliphatic carbocycles. The van der Waals surface area contributed by atoms with Crippen molar-refractivity contribution in [3.8, 4) is 6.07 Å². The van der Waals surface area contributed by atoms with E-state index in [1.165, 1.54) is 30.3 Å². The van der Waals surface area contributed by atoms with Gasteiger partial charge in [-0.25, -0.2) is 12.8 Å². The molecule has 0 heterocycles. The molecular weight excluding hydrogens is 317 g/mol. The average Bonchev–Trinajstić information content (AvgIpc) is 2.40. The van der Waals surface area contributed by atoms with Crippen LogP contribution in [0.25, 0.3) is 0 Å². The molecule has 0 saturated heterocycles. The summed E-state index contributed by atoms with van der Waals surface area (Å²) in [5.74, 6) is -0.961. The highest BCUT2D eigenvalue weighted by Crippen LogP contribution is 2.26.